The smallest absolute Gasteiger partial charge is 0.00975 e. The van der Waals surface area contributed by atoms with Crippen LogP contribution in [0.5, 0.6) is 0 Å². The summed E-state index contributed by atoms with van der Waals surface area (Å²) < 4.78 is 0. The van der Waals surface area contributed by atoms with Crippen molar-refractivity contribution >= 4 is 12.6 Å². The molecule has 0 aliphatic carbocycles. The first-order valence-corrected chi connectivity index (χ1v) is 4.98. The summed E-state index contributed by atoms with van der Waals surface area (Å²) in [5.74, 6) is 2.95. The molecular weight excluding hydrogens is 152 g/mol. The maximum atomic E-state index is 3.82. The monoisotopic (exact) mass is 170 g/mol. The summed E-state index contributed by atoms with van der Waals surface area (Å²) in [5.41, 5.74) is 0. The molecule has 0 aromatic heterocycles. The Kier molecular flexibility index (Phi) is 9.83. The second-order valence-corrected chi connectivity index (χ2v) is 3.03. The molecule has 0 aliphatic heterocycles. The topological polar surface area (TPSA) is 0 Å². The lowest BCUT2D eigenvalue weighted by molar-refractivity contribution is 0.614. The van der Waals surface area contributed by atoms with Gasteiger partial charge in [-0.05, 0) is 11.7 Å². The van der Waals surface area contributed by atoms with E-state index >= 15 is 0 Å². The van der Waals surface area contributed by atoms with Crippen molar-refractivity contribution in [3.63, 3.8) is 0 Å². The molecule has 0 aromatic rings. The average Bonchev–Trinajstić information content (AvgIpc) is 2.03. The molecule has 0 bridgehead atoms. The zero-order valence-corrected chi connectivity index (χ0v) is 8.29. The second kappa shape index (κ2) is 9.91. The summed E-state index contributed by atoms with van der Waals surface area (Å²) in [4.78, 5) is 0. The molecule has 0 N–H and O–H groups in total. The van der Waals surface area contributed by atoms with E-state index in [1.807, 2.05) is 0 Å². The van der Waals surface area contributed by atoms with Gasteiger partial charge >= 0.3 is 0 Å². The third-order valence-corrected chi connectivity index (χ3v) is 1.89. The van der Waals surface area contributed by atoms with Crippen LogP contribution >= 0.6 is 12.6 Å². The van der Waals surface area contributed by atoms with Crippen LogP contribution < -0.4 is 0 Å². The minimum absolute atomic E-state index is 1.02. The molecule has 0 radical (unpaired) electrons. The molecule has 0 aliphatic rings. The van der Waals surface area contributed by atoms with Crippen LogP contribution in [-0.2, 0) is 0 Å². The Balaban J connectivity index is 2.83. The number of unbranched alkanes of at least 4 members (excludes halogenated alkanes) is 6. The second-order valence-electron chi connectivity index (χ2n) is 2.81. The fraction of sp³-hybridized carbons (Fsp3) is 0.800. The van der Waals surface area contributed by atoms with E-state index in [0.29, 0.717) is 0 Å². The summed E-state index contributed by atoms with van der Waals surface area (Å²) in [6.45, 7) is 2.24. The maximum absolute atomic E-state index is 3.82. The Morgan fingerprint density at radius 3 is 2.27 bits per heavy atom. The van der Waals surface area contributed by atoms with Gasteiger partial charge in [0, 0.05) is 6.42 Å². The van der Waals surface area contributed by atoms with Crippen LogP contribution in [-0.4, -0.2) is 0 Å². The highest BCUT2D eigenvalue weighted by Gasteiger charge is 1.87. The minimum atomic E-state index is 1.02. The van der Waals surface area contributed by atoms with Crippen LogP contribution in [0.15, 0.2) is 0 Å². The van der Waals surface area contributed by atoms with Gasteiger partial charge in [0.05, 0.1) is 0 Å². The van der Waals surface area contributed by atoms with Crippen LogP contribution in [0, 0.1) is 11.2 Å². The number of rotatable bonds is 6. The zero-order chi connectivity index (χ0) is 8.36. The summed E-state index contributed by atoms with van der Waals surface area (Å²) in [7, 11) is 0. The van der Waals surface area contributed by atoms with Crippen molar-refractivity contribution in [3.8, 4) is 11.2 Å². The molecule has 0 atom stereocenters. The van der Waals surface area contributed by atoms with E-state index in [0.717, 1.165) is 6.42 Å². The highest BCUT2D eigenvalue weighted by molar-refractivity contribution is 7.85. The Hall–Kier alpha value is -0.0900. The Morgan fingerprint density at radius 1 is 1.00 bits per heavy atom. The van der Waals surface area contributed by atoms with Gasteiger partial charge in [0.1, 0.15) is 0 Å². The van der Waals surface area contributed by atoms with E-state index < -0.39 is 0 Å². The molecule has 0 heterocycles. The van der Waals surface area contributed by atoms with Crippen molar-refractivity contribution < 1.29 is 0 Å². The molecule has 0 unspecified atom stereocenters. The SMILES string of the molecule is CCCCCCCCC#CS. The summed E-state index contributed by atoms with van der Waals surface area (Å²) in [5, 5.41) is 2.61. The van der Waals surface area contributed by atoms with E-state index in [1.54, 1.807) is 0 Å². The van der Waals surface area contributed by atoms with E-state index in [4.69, 9.17) is 0 Å². The first-order valence-electron chi connectivity index (χ1n) is 4.53. The van der Waals surface area contributed by atoms with E-state index in [-0.39, 0.29) is 0 Å². The van der Waals surface area contributed by atoms with Crippen LogP contribution in [0.1, 0.15) is 51.9 Å². The first-order chi connectivity index (χ1) is 5.41. The van der Waals surface area contributed by atoms with Crippen molar-refractivity contribution in [1.29, 1.82) is 0 Å². The van der Waals surface area contributed by atoms with Crippen LogP contribution in [0.25, 0.3) is 0 Å². The van der Waals surface area contributed by atoms with Gasteiger partial charge in [-0.15, -0.1) is 0 Å². The summed E-state index contributed by atoms with van der Waals surface area (Å²) in [6, 6.07) is 0. The predicted octanol–water partition coefficient (Wildman–Crippen LogP) is 3.63. The van der Waals surface area contributed by atoms with Gasteiger partial charge in [0.2, 0.25) is 0 Å². The minimum Gasteiger partial charge on any atom is -0.0922 e. The normalized spacial score (nSPS) is 8.91. The Bertz CT molecular complexity index is 119. The van der Waals surface area contributed by atoms with Crippen LogP contribution in [0.3, 0.4) is 0 Å². The standard InChI is InChI=1S/C10H18S/c1-2-3-4-5-6-7-8-9-10-11/h11H,2-8H2,1H3. The first kappa shape index (κ1) is 10.9. The molecule has 0 nitrogen and oxygen atoms in total. The fourth-order valence-electron chi connectivity index (χ4n) is 1.05. The highest BCUT2D eigenvalue weighted by Crippen LogP contribution is 2.05. The van der Waals surface area contributed by atoms with Crippen molar-refractivity contribution in [2.75, 3.05) is 0 Å². The fourth-order valence-corrected chi connectivity index (χ4v) is 1.16. The quantitative estimate of drug-likeness (QED) is 0.351. The molecular formula is C10H18S. The maximum Gasteiger partial charge on any atom is 0.00975 e. The molecule has 0 aromatic carbocycles. The van der Waals surface area contributed by atoms with Crippen molar-refractivity contribution in [2.45, 2.75) is 51.9 Å². The van der Waals surface area contributed by atoms with Gasteiger partial charge in [-0.3, -0.25) is 0 Å². The number of hydrogen-bond donors (Lipinski definition) is 1. The molecule has 0 amide bonds. The molecule has 0 saturated heterocycles. The molecule has 64 valence electrons. The van der Waals surface area contributed by atoms with Gasteiger partial charge in [-0.25, -0.2) is 0 Å². The van der Waals surface area contributed by atoms with Crippen molar-refractivity contribution in [2.24, 2.45) is 0 Å². The summed E-state index contributed by atoms with van der Waals surface area (Å²) >= 11 is 3.82. The van der Waals surface area contributed by atoms with E-state index in [1.165, 1.54) is 38.5 Å². The van der Waals surface area contributed by atoms with Gasteiger partial charge in [0.15, 0.2) is 0 Å². The van der Waals surface area contributed by atoms with Crippen LogP contribution in [0.2, 0.25) is 0 Å². The summed E-state index contributed by atoms with van der Waals surface area (Å²) in [6.07, 6.45) is 9.09. The Morgan fingerprint density at radius 2 is 1.64 bits per heavy atom. The van der Waals surface area contributed by atoms with Crippen LogP contribution in [0.4, 0.5) is 0 Å². The lowest BCUT2D eigenvalue weighted by Gasteiger charge is -1.96. The van der Waals surface area contributed by atoms with Gasteiger partial charge in [0.25, 0.3) is 0 Å². The molecule has 0 saturated carbocycles. The molecule has 11 heavy (non-hydrogen) atoms. The molecule has 0 fully saturated rings. The lowest BCUT2D eigenvalue weighted by Crippen LogP contribution is -1.77. The van der Waals surface area contributed by atoms with Gasteiger partial charge in [-0.1, -0.05) is 57.6 Å². The number of thiol groups is 1. The molecule has 1 heteroatoms. The lowest BCUT2D eigenvalue weighted by atomic mass is 10.1. The largest absolute Gasteiger partial charge is 0.0922 e. The average molecular weight is 170 g/mol. The highest BCUT2D eigenvalue weighted by atomic mass is 32.1. The molecule has 0 spiro atoms. The predicted molar refractivity (Wildman–Crippen MR) is 54.8 cm³/mol. The third kappa shape index (κ3) is 9.91. The van der Waals surface area contributed by atoms with Gasteiger partial charge < -0.3 is 0 Å². The van der Waals surface area contributed by atoms with E-state index in [2.05, 4.69) is 30.7 Å². The van der Waals surface area contributed by atoms with E-state index in [9.17, 15) is 0 Å². The number of hydrogen-bond acceptors (Lipinski definition) is 1. The zero-order valence-electron chi connectivity index (χ0n) is 7.40. The molecule has 0 rings (SSSR count). The third-order valence-electron chi connectivity index (χ3n) is 1.73. The Labute approximate surface area is 76.2 Å². The van der Waals surface area contributed by atoms with Crippen molar-refractivity contribution in [1.82, 2.24) is 0 Å². The van der Waals surface area contributed by atoms with Crippen molar-refractivity contribution in [3.05, 3.63) is 0 Å². The van der Waals surface area contributed by atoms with Gasteiger partial charge in [-0.2, -0.15) is 0 Å².